The molecule has 166 valence electrons. The first kappa shape index (κ1) is 23.0. The number of carbonyl (C=O) groups is 1. The van der Waals surface area contributed by atoms with Crippen LogP contribution in [0.4, 0.5) is 5.13 Å². The van der Waals surface area contributed by atoms with Gasteiger partial charge in [0.2, 0.25) is 11.0 Å². The molecule has 3 rings (SSSR count). The second kappa shape index (κ2) is 10.6. The Morgan fingerprint density at radius 1 is 1.19 bits per heavy atom. The zero-order chi connectivity index (χ0) is 22.4. The molecule has 9 nitrogen and oxygen atoms in total. The average Bonchev–Trinajstić information content (AvgIpc) is 3.40. The average molecular weight is 463 g/mol. The van der Waals surface area contributed by atoms with Crippen molar-refractivity contribution < 1.29 is 14.3 Å². The lowest BCUT2D eigenvalue weighted by Gasteiger charge is -2.16. The summed E-state index contributed by atoms with van der Waals surface area (Å²) in [7, 11) is 1.62. The highest BCUT2D eigenvalue weighted by Crippen LogP contribution is 2.29. The number of hydrogen-bond acceptors (Lipinski definition) is 9. The third kappa shape index (κ3) is 5.73. The summed E-state index contributed by atoms with van der Waals surface area (Å²) in [6.45, 7) is 8.40. The highest BCUT2D eigenvalue weighted by molar-refractivity contribution is 8.00. The molecule has 1 aromatic carbocycles. The maximum absolute atomic E-state index is 12.6. The topological polar surface area (TPSA) is 104 Å². The van der Waals surface area contributed by atoms with E-state index in [0.29, 0.717) is 28.4 Å². The van der Waals surface area contributed by atoms with Gasteiger partial charge in [-0.25, -0.2) is 0 Å². The molecule has 1 amide bonds. The van der Waals surface area contributed by atoms with Gasteiger partial charge >= 0.3 is 0 Å². The Balaban J connectivity index is 1.67. The molecule has 31 heavy (non-hydrogen) atoms. The van der Waals surface area contributed by atoms with Crippen molar-refractivity contribution in [2.45, 2.75) is 57.2 Å². The molecule has 2 atom stereocenters. The lowest BCUT2D eigenvalue weighted by Crippen LogP contribution is -2.23. The summed E-state index contributed by atoms with van der Waals surface area (Å²) < 4.78 is 13.2. The van der Waals surface area contributed by atoms with Gasteiger partial charge in [0, 0.05) is 12.6 Å². The Hall–Kier alpha value is -2.66. The van der Waals surface area contributed by atoms with Crippen molar-refractivity contribution >= 4 is 34.1 Å². The second-order valence-electron chi connectivity index (χ2n) is 6.63. The van der Waals surface area contributed by atoms with Crippen LogP contribution in [0.5, 0.6) is 11.5 Å². The van der Waals surface area contributed by atoms with Gasteiger partial charge in [-0.15, -0.1) is 20.4 Å². The highest BCUT2D eigenvalue weighted by Gasteiger charge is 2.23. The van der Waals surface area contributed by atoms with Gasteiger partial charge in [-0.2, -0.15) is 0 Å². The molecule has 11 heteroatoms. The number of methoxy groups -OCH3 is 1. The highest BCUT2D eigenvalue weighted by atomic mass is 32.2. The first-order valence-electron chi connectivity index (χ1n) is 9.98. The van der Waals surface area contributed by atoms with E-state index in [0.717, 1.165) is 17.2 Å². The van der Waals surface area contributed by atoms with Crippen molar-refractivity contribution in [3.8, 4) is 11.5 Å². The van der Waals surface area contributed by atoms with Crippen LogP contribution in [0, 0.1) is 0 Å². The largest absolute Gasteiger partial charge is 0.497 e. The van der Waals surface area contributed by atoms with Crippen LogP contribution in [0.2, 0.25) is 0 Å². The van der Waals surface area contributed by atoms with E-state index in [-0.39, 0.29) is 17.3 Å². The summed E-state index contributed by atoms with van der Waals surface area (Å²) in [4.78, 5) is 12.6. The minimum atomic E-state index is -0.383. The van der Waals surface area contributed by atoms with E-state index in [1.165, 1.54) is 23.1 Å². The van der Waals surface area contributed by atoms with Crippen LogP contribution in [0.15, 0.2) is 29.4 Å². The summed E-state index contributed by atoms with van der Waals surface area (Å²) >= 11 is 2.73. The van der Waals surface area contributed by atoms with Gasteiger partial charge in [0.25, 0.3) is 0 Å². The standard InChI is InChI=1S/C20H26N6O3S2/c1-6-16-22-24-19(31-16)21-18(27)13(4)30-20-25-23-17(26(20)7-2)12(3)29-15-10-8-9-14(11-15)28-5/h8-13H,6-7H2,1-5H3,(H,21,24,27). The fourth-order valence-electron chi connectivity index (χ4n) is 2.78. The van der Waals surface area contributed by atoms with Crippen LogP contribution in [0.3, 0.4) is 0 Å². The van der Waals surface area contributed by atoms with Crippen molar-refractivity contribution in [1.29, 1.82) is 0 Å². The van der Waals surface area contributed by atoms with Gasteiger partial charge in [-0.05, 0) is 39.3 Å². The van der Waals surface area contributed by atoms with Gasteiger partial charge in [0.1, 0.15) is 16.5 Å². The Labute approximate surface area is 189 Å². The number of anilines is 1. The molecule has 3 aromatic rings. The van der Waals surface area contributed by atoms with E-state index < -0.39 is 0 Å². The summed E-state index contributed by atoms with van der Waals surface area (Å²) in [6, 6.07) is 7.42. The predicted octanol–water partition coefficient (Wildman–Crippen LogP) is 3.98. The number of thioether (sulfide) groups is 1. The van der Waals surface area contributed by atoms with E-state index in [4.69, 9.17) is 9.47 Å². The van der Waals surface area contributed by atoms with E-state index >= 15 is 0 Å². The van der Waals surface area contributed by atoms with E-state index in [2.05, 4.69) is 25.7 Å². The number of rotatable bonds is 10. The maximum atomic E-state index is 12.6. The van der Waals surface area contributed by atoms with E-state index in [9.17, 15) is 4.79 Å². The number of amides is 1. The third-order valence-electron chi connectivity index (χ3n) is 4.43. The van der Waals surface area contributed by atoms with E-state index in [1.54, 1.807) is 7.11 Å². The van der Waals surface area contributed by atoms with Crippen LogP contribution in [-0.4, -0.2) is 43.2 Å². The molecule has 0 aliphatic rings. The SMILES string of the molecule is CCc1nnc(NC(=O)C(C)Sc2nnc(C(C)Oc3cccc(OC)c3)n2CC)s1. The van der Waals surface area contributed by atoms with Crippen molar-refractivity contribution in [3.63, 3.8) is 0 Å². The van der Waals surface area contributed by atoms with Gasteiger partial charge in [-0.1, -0.05) is 36.1 Å². The monoisotopic (exact) mass is 462 g/mol. The first-order chi connectivity index (χ1) is 14.9. The third-order valence-corrected chi connectivity index (χ3v) is 6.49. The fraction of sp³-hybridized carbons (Fsp3) is 0.450. The number of aryl methyl sites for hydroxylation is 1. The van der Waals surface area contributed by atoms with Crippen LogP contribution < -0.4 is 14.8 Å². The molecule has 2 aromatic heterocycles. The molecular weight excluding hydrogens is 436 g/mol. The lowest BCUT2D eigenvalue weighted by atomic mass is 10.3. The molecule has 0 saturated carbocycles. The van der Waals surface area contributed by atoms with Crippen LogP contribution in [0.1, 0.15) is 44.6 Å². The first-order valence-corrected chi connectivity index (χ1v) is 11.7. The van der Waals surface area contributed by atoms with Crippen molar-refractivity contribution in [1.82, 2.24) is 25.0 Å². The zero-order valence-electron chi connectivity index (χ0n) is 18.2. The van der Waals surface area contributed by atoms with Gasteiger partial charge in [-0.3, -0.25) is 10.1 Å². The van der Waals surface area contributed by atoms with Crippen molar-refractivity contribution in [2.75, 3.05) is 12.4 Å². The molecule has 1 N–H and O–H groups in total. The molecule has 0 spiro atoms. The summed E-state index contributed by atoms with van der Waals surface area (Å²) in [6.07, 6.45) is 0.461. The fourth-order valence-corrected chi connectivity index (χ4v) is 4.38. The molecule has 2 unspecified atom stereocenters. The quantitative estimate of drug-likeness (QED) is 0.451. The number of benzene rings is 1. The van der Waals surface area contributed by atoms with Gasteiger partial charge < -0.3 is 14.0 Å². The Bertz CT molecular complexity index is 1020. The van der Waals surface area contributed by atoms with Gasteiger partial charge in [0.15, 0.2) is 17.1 Å². The molecular formula is C20H26N6O3S2. The zero-order valence-corrected chi connectivity index (χ0v) is 19.8. The molecule has 0 bridgehead atoms. The number of ether oxygens (including phenoxy) is 2. The second-order valence-corrected chi connectivity index (χ2v) is 9.00. The Morgan fingerprint density at radius 3 is 2.65 bits per heavy atom. The van der Waals surface area contributed by atoms with Gasteiger partial charge in [0.05, 0.1) is 12.4 Å². The molecule has 2 heterocycles. The number of carbonyl (C=O) groups excluding carboxylic acids is 1. The summed E-state index contributed by atoms with van der Waals surface area (Å²) in [5, 5.41) is 21.1. The minimum Gasteiger partial charge on any atom is -0.497 e. The lowest BCUT2D eigenvalue weighted by molar-refractivity contribution is -0.115. The summed E-state index contributed by atoms with van der Waals surface area (Å²) in [5.74, 6) is 1.94. The Morgan fingerprint density at radius 2 is 1.97 bits per heavy atom. The minimum absolute atomic E-state index is 0.156. The van der Waals surface area contributed by atoms with Crippen molar-refractivity contribution in [2.24, 2.45) is 0 Å². The van der Waals surface area contributed by atoms with E-state index in [1.807, 2.05) is 56.5 Å². The molecule has 0 aliphatic heterocycles. The molecule has 0 saturated heterocycles. The predicted molar refractivity (Wildman–Crippen MR) is 121 cm³/mol. The number of nitrogens with zero attached hydrogens (tertiary/aromatic N) is 5. The summed E-state index contributed by atoms with van der Waals surface area (Å²) in [5.41, 5.74) is 0. The maximum Gasteiger partial charge on any atom is 0.239 e. The Kier molecular flexibility index (Phi) is 7.85. The number of nitrogens with one attached hydrogen (secondary N) is 1. The number of aromatic nitrogens is 5. The van der Waals surface area contributed by atoms with Crippen molar-refractivity contribution in [3.05, 3.63) is 35.1 Å². The molecule has 0 radical (unpaired) electrons. The normalized spacial score (nSPS) is 12.9. The molecule has 0 fully saturated rings. The smallest absolute Gasteiger partial charge is 0.239 e. The van der Waals surface area contributed by atoms with Crippen LogP contribution >= 0.6 is 23.1 Å². The van der Waals surface area contributed by atoms with Crippen LogP contribution in [-0.2, 0) is 17.8 Å². The number of hydrogen-bond donors (Lipinski definition) is 1. The molecule has 0 aliphatic carbocycles. The van der Waals surface area contributed by atoms with Crippen LogP contribution in [0.25, 0.3) is 0 Å².